The number of carboxylic acid groups (broad SMARTS) is 1. The maximum absolute atomic E-state index is 12.5. The van der Waals surface area contributed by atoms with Gasteiger partial charge in [0.15, 0.2) is 5.16 Å². The predicted octanol–water partition coefficient (Wildman–Crippen LogP) is 2.78. The summed E-state index contributed by atoms with van der Waals surface area (Å²) in [5.41, 5.74) is 0.588. The number of hydrogen-bond donors (Lipinski definition) is 1. The zero-order valence-electron chi connectivity index (χ0n) is 11.6. The first-order chi connectivity index (χ1) is 10.1. The van der Waals surface area contributed by atoms with Crippen LogP contribution in [-0.4, -0.2) is 38.4 Å². The van der Waals surface area contributed by atoms with Crippen LogP contribution in [0.3, 0.4) is 0 Å². The Morgan fingerprint density at radius 1 is 1.48 bits per heavy atom. The Kier molecular flexibility index (Phi) is 6.13. The lowest BCUT2D eigenvalue weighted by atomic mass is 10.3. The van der Waals surface area contributed by atoms with Crippen molar-refractivity contribution >= 4 is 51.0 Å². The Hall–Kier alpha value is -0.990. The SMILES string of the molecule is CSCCCCn1c(SCC(=O)O)nc2ccsc2c1=O. The topological polar surface area (TPSA) is 72.2 Å². The van der Waals surface area contributed by atoms with Crippen molar-refractivity contribution < 1.29 is 9.90 Å². The van der Waals surface area contributed by atoms with Crippen LogP contribution in [0.15, 0.2) is 21.4 Å². The van der Waals surface area contributed by atoms with Gasteiger partial charge >= 0.3 is 5.97 Å². The quantitative estimate of drug-likeness (QED) is 0.451. The van der Waals surface area contributed by atoms with Gasteiger partial charge in [-0.3, -0.25) is 14.2 Å². The molecule has 0 radical (unpaired) electrons. The van der Waals surface area contributed by atoms with Crippen LogP contribution >= 0.6 is 34.9 Å². The lowest BCUT2D eigenvalue weighted by Gasteiger charge is -2.11. The summed E-state index contributed by atoms with van der Waals surface area (Å²) in [7, 11) is 0. The average molecular weight is 344 g/mol. The van der Waals surface area contributed by atoms with E-state index in [1.807, 2.05) is 5.38 Å². The Bertz CT molecular complexity index is 681. The lowest BCUT2D eigenvalue weighted by molar-refractivity contribution is -0.133. The van der Waals surface area contributed by atoms with E-state index in [2.05, 4.69) is 11.2 Å². The molecule has 0 saturated carbocycles. The molecule has 0 spiro atoms. The molecule has 2 aromatic heterocycles. The van der Waals surface area contributed by atoms with Gasteiger partial charge in [-0.15, -0.1) is 11.3 Å². The molecule has 2 aromatic rings. The van der Waals surface area contributed by atoms with Gasteiger partial charge in [0, 0.05) is 6.54 Å². The van der Waals surface area contributed by atoms with Crippen molar-refractivity contribution in [1.29, 1.82) is 0 Å². The maximum atomic E-state index is 12.5. The monoisotopic (exact) mass is 344 g/mol. The van der Waals surface area contributed by atoms with E-state index in [0.29, 0.717) is 21.9 Å². The summed E-state index contributed by atoms with van der Waals surface area (Å²) in [6.45, 7) is 0.586. The van der Waals surface area contributed by atoms with Gasteiger partial charge in [0.05, 0.1) is 11.3 Å². The molecule has 114 valence electrons. The van der Waals surface area contributed by atoms with Gasteiger partial charge in [0.25, 0.3) is 5.56 Å². The molecule has 8 heteroatoms. The second-order valence-corrected chi connectivity index (χ2v) is 7.21. The summed E-state index contributed by atoms with van der Waals surface area (Å²) < 4.78 is 2.26. The Morgan fingerprint density at radius 2 is 2.29 bits per heavy atom. The van der Waals surface area contributed by atoms with Crippen molar-refractivity contribution in [3.05, 3.63) is 21.8 Å². The number of unbranched alkanes of at least 4 members (excludes halogenated alkanes) is 1. The van der Waals surface area contributed by atoms with Gasteiger partial charge in [-0.1, -0.05) is 11.8 Å². The molecular formula is C13H16N2O3S3. The lowest BCUT2D eigenvalue weighted by Crippen LogP contribution is -2.23. The molecule has 0 unspecified atom stereocenters. The molecule has 0 atom stereocenters. The molecule has 1 N–H and O–H groups in total. The van der Waals surface area contributed by atoms with Crippen molar-refractivity contribution in [2.24, 2.45) is 0 Å². The number of carbonyl (C=O) groups is 1. The van der Waals surface area contributed by atoms with Crippen LogP contribution in [0.1, 0.15) is 12.8 Å². The van der Waals surface area contributed by atoms with Crippen molar-refractivity contribution in [3.63, 3.8) is 0 Å². The maximum Gasteiger partial charge on any atom is 0.313 e. The Balaban J connectivity index is 2.28. The zero-order chi connectivity index (χ0) is 15.2. The summed E-state index contributed by atoms with van der Waals surface area (Å²) >= 11 is 4.26. The molecular weight excluding hydrogens is 328 g/mol. The third-order valence-electron chi connectivity index (χ3n) is 2.84. The minimum atomic E-state index is -0.909. The fourth-order valence-corrected chi connectivity index (χ4v) is 3.89. The molecule has 0 bridgehead atoms. The molecule has 0 saturated heterocycles. The number of carboxylic acids is 1. The minimum Gasteiger partial charge on any atom is -0.481 e. The highest BCUT2D eigenvalue weighted by atomic mass is 32.2. The first-order valence-electron chi connectivity index (χ1n) is 6.45. The number of thioether (sulfide) groups is 2. The molecule has 0 fully saturated rings. The van der Waals surface area contributed by atoms with Gasteiger partial charge in [-0.2, -0.15) is 11.8 Å². The standard InChI is InChI=1S/C13H16N2O3S3/c1-19-6-3-2-5-15-12(18)11-9(4-7-20-11)14-13(15)21-8-10(16)17/h4,7H,2-3,5-6,8H2,1H3,(H,16,17). The van der Waals surface area contributed by atoms with E-state index in [-0.39, 0.29) is 11.3 Å². The number of aliphatic carboxylic acids is 1. The molecule has 21 heavy (non-hydrogen) atoms. The van der Waals surface area contributed by atoms with Gasteiger partial charge in [0.2, 0.25) is 0 Å². The number of rotatable bonds is 8. The van der Waals surface area contributed by atoms with Crippen LogP contribution in [0.5, 0.6) is 0 Å². The van der Waals surface area contributed by atoms with Gasteiger partial charge in [-0.25, -0.2) is 4.98 Å². The van der Waals surface area contributed by atoms with E-state index >= 15 is 0 Å². The molecule has 5 nitrogen and oxygen atoms in total. The summed E-state index contributed by atoms with van der Waals surface area (Å²) in [4.78, 5) is 27.7. The largest absolute Gasteiger partial charge is 0.481 e. The van der Waals surface area contributed by atoms with E-state index in [1.165, 1.54) is 11.3 Å². The van der Waals surface area contributed by atoms with E-state index in [9.17, 15) is 9.59 Å². The van der Waals surface area contributed by atoms with Crippen molar-refractivity contribution in [2.75, 3.05) is 17.8 Å². The van der Waals surface area contributed by atoms with Gasteiger partial charge in [0.1, 0.15) is 4.70 Å². The van der Waals surface area contributed by atoms with Crippen LogP contribution in [0.4, 0.5) is 0 Å². The predicted molar refractivity (Wildman–Crippen MR) is 89.9 cm³/mol. The first-order valence-corrected chi connectivity index (χ1v) is 9.71. The highest BCUT2D eigenvalue weighted by Crippen LogP contribution is 2.21. The van der Waals surface area contributed by atoms with Gasteiger partial charge in [-0.05, 0) is 36.3 Å². The zero-order valence-corrected chi connectivity index (χ0v) is 14.0. The third kappa shape index (κ3) is 4.24. The van der Waals surface area contributed by atoms with Crippen LogP contribution < -0.4 is 5.56 Å². The van der Waals surface area contributed by atoms with Crippen LogP contribution in [0, 0.1) is 0 Å². The minimum absolute atomic E-state index is 0.0629. The normalized spacial score (nSPS) is 11.1. The molecule has 0 aliphatic rings. The fourth-order valence-electron chi connectivity index (χ4n) is 1.87. The molecule has 2 heterocycles. The smallest absolute Gasteiger partial charge is 0.313 e. The first kappa shape index (κ1) is 16.4. The summed E-state index contributed by atoms with van der Waals surface area (Å²) in [6.07, 6.45) is 3.97. The van der Waals surface area contributed by atoms with E-state index in [0.717, 1.165) is 30.4 Å². The van der Waals surface area contributed by atoms with Crippen molar-refractivity contribution in [1.82, 2.24) is 9.55 Å². The number of nitrogens with zero attached hydrogens (tertiary/aromatic N) is 2. The average Bonchev–Trinajstić information content (AvgIpc) is 2.92. The van der Waals surface area contributed by atoms with E-state index in [4.69, 9.17) is 5.11 Å². The molecule has 0 aromatic carbocycles. The Labute approximate surface area is 134 Å². The molecule has 2 rings (SSSR count). The number of thiophene rings is 1. The second-order valence-electron chi connectivity index (χ2n) is 4.37. The van der Waals surface area contributed by atoms with Gasteiger partial charge < -0.3 is 5.11 Å². The third-order valence-corrected chi connectivity index (χ3v) is 5.39. The highest BCUT2D eigenvalue weighted by Gasteiger charge is 2.13. The Morgan fingerprint density at radius 3 is 3.00 bits per heavy atom. The van der Waals surface area contributed by atoms with Crippen LogP contribution in [0.2, 0.25) is 0 Å². The van der Waals surface area contributed by atoms with Crippen molar-refractivity contribution in [3.8, 4) is 0 Å². The van der Waals surface area contributed by atoms with Crippen LogP contribution in [0.25, 0.3) is 10.2 Å². The number of aromatic nitrogens is 2. The summed E-state index contributed by atoms with van der Waals surface area (Å²) in [5, 5.41) is 11.2. The summed E-state index contributed by atoms with van der Waals surface area (Å²) in [6, 6.07) is 1.80. The second kappa shape index (κ2) is 7.86. The summed E-state index contributed by atoms with van der Waals surface area (Å²) in [5.74, 6) is 0.0575. The number of hydrogen-bond acceptors (Lipinski definition) is 6. The van der Waals surface area contributed by atoms with Crippen LogP contribution in [-0.2, 0) is 11.3 Å². The van der Waals surface area contributed by atoms with E-state index < -0.39 is 5.97 Å². The molecule has 0 amide bonds. The molecule has 0 aliphatic carbocycles. The number of fused-ring (bicyclic) bond motifs is 1. The van der Waals surface area contributed by atoms with Crippen molar-refractivity contribution in [2.45, 2.75) is 24.5 Å². The highest BCUT2D eigenvalue weighted by molar-refractivity contribution is 7.99. The van der Waals surface area contributed by atoms with E-state index in [1.54, 1.807) is 22.4 Å². The molecule has 0 aliphatic heterocycles. The fraction of sp³-hybridized carbons (Fsp3) is 0.462.